The SMILES string of the molecule is CCNCc1cccc(NC(=O)C2CCN(c3cccc(Cl)c3)C2=O)c1. The molecule has 2 N–H and O–H groups in total. The maximum atomic E-state index is 12.7. The molecule has 1 atom stereocenters. The average Bonchev–Trinajstić information content (AvgIpc) is 3.02. The summed E-state index contributed by atoms with van der Waals surface area (Å²) in [6.07, 6.45) is 0.494. The average molecular weight is 372 g/mol. The molecule has 1 aliphatic rings. The topological polar surface area (TPSA) is 61.4 Å². The highest BCUT2D eigenvalue weighted by Gasteiger charge is 2.37. The Hall–Kier alpha value is -2.37. The number of amides is 2. The zero-order valence-electron chi connectivity index (χ0n) is 14.7. The van der Waals surface area contributed by atoms with E-state index in [1.54, 1.807) is 23.1 Å². The molecule has 6 heteroatoms. The summed E-state index contributed by atoms with van der Waals surface area (Å²) >= 11 is 6.01. The first-order chi connectivity index (χ1) is 12.6. The number of halogens is 1. The molecule has 1 aliphatic heterocycles. The molecule has 2 amide bonds. The third-order valence-electron chi connectivity index (χ3n) is 4.42. The van der Waals surface area contributed by atoms with Crippen LogP contribution in [0.3, 0.4) is 0 Å². The van der Waals surface area contributed by atoms with Crippen LogP contribution in [0, 0.1) is 5.92 Å². The van der Waals surface area contributed by atoms with Gasteiger partial charge in [-0.25, -0.2) is 0 Å². The van der Waals surface area contributed by atoms with Crippen LogP contribution in [0.5, 0.6) is 0 Å². The zero-order valence-corrected chi connectivity index (χ0v) is 15.4. The lowest BCUT2D eigenvalue weighted by atomic mass is 10.1. The summed E-state index contributed by atoms with van der Waals surface area (Å²) < 4.78 is 0. The van der Waals surface area contributed by atoms with Gasteiger partial charge >= 0.3 is 0 Å². The first-order valence-electron chi connectivity index (χ1n) is 8.76. The molecule has 2 aromatic rings. The van der Waals surface area contributed by atoms with E-state index in [4.69, 9.17) is 11.6 Å². The van der Waals surface area contributed by atoms with Gasteiger partial charge in [-0.3, -0.25) is 9.59 Å². The van der Waals surface area contributed by atoms with Crippen molar-refractivity contribution in [3.8, 4) is 0 Å². The van der Waals surface area contributed by atoms with Crippen LogP contribution in [0.1, 0.15) is 18.9 Å². The Morgan fingerprint density at radius 2 is 2.04 bits per heavy atom. The molecule has 0 aliphatic carbocycles. The molecule has 3 rings (SSSR count). The van der Waals surface area contributed by atoms with E-state index in [2.05, 4.69) is 10.6 Å². The number of nitrogens with zero attached hydrogens (tertiary/aromatic N) is 1. The molecule has 1 heterocycles. The molecule has 0 saturated carbocycles. The van der Waals surface area contributed by atoms with Crippen LogP contribution in [0.2, 0.25) is 5.02 Å². The van der Waals surface area contributed by atoms with Crippen molar-refractivity contribution in [2.75, 3.05) is 23.3 Å². The summed E-state index contributed by atoms with van der Waals surface area (Å²) in [5.41, 5.74) is 2.52. The number of hydrogen-bond donors (Lipinski definition) is 2. The van der Waals surface area contributed by atoms with Gasteiger partial charge in [0.15, 0.2) is 0 Å². The molecule has 136 valence electrons. The maximum Gasteiger partial charge on any atom is 0.239 e. The summed E-state index contributed by atoms with van der Waals surface area (Å²) in [7, 11) is 0. The van der Waals surface area contributed by atoms with E-state index in [0.29, 0.717) is 23.7 Å². The van der Waals surface area contributed by atoms with Gasteiger partial charge < -0.3 is 15.5 Å². The zero-order chi connectivity index (χ0) is 18.5. The van der Waals surface area contributed by atoms with Gasteiger partial charge in [-0.05, 0) is 48.9 Å². The molecule has 0 spiro atoms. The number of hydrogen-bond acceptors (Lipinski definition) is 3. The molecule has 0 bridgehead atoms. The van der Waals surface area contributed by atoms with E-state index in [9.17, 15) is 9.59 Å². The first kappa shape index (κ1) is 18.4. The molecular weight excluding hydrogens is 350 g/mol. The molecule has 2 aromatic carbocycles. The highest BCUT2D eigenvalue weighted by atomic mass is 35.5. The van der Waals surface area contributed by atoms with Gasteiger partial charge in [0.1, 0.15) is 5.92 Å². The summed E-state index contributed by atoms with van der Waals surface area (Å²) in [6, 6.07) is 14.8. The predicted molar refractivity (Wildman–Crippen MR) is 104 cm³/mol. The van der Waals surface area contributed by atoms with Crippen LogP contribution < -0.4 is 15.5 Å². The van der Waals surface area contributed by atoms with Crippen molar-refractivity contribution in [2.45, 2.75) is 19.9 Å². The maximum absolute atomic E-state index is 12.7. The Bertz CT molecular complexity index is 809. The van der Waals surface area contributed by atoms with Crippen molar-refractivity contribution in [2.24, 2.45) is 5.92 Å². The second kappa shape index (κ2) is 8.34. The molecule has 26 heavy (non-hydrogen) atoms. The third kappa shape index (κ3) is 4.23. The Balaban J connectivity index is 1.66. The Morgan fingerprint density at radius 3 is 2.81 bits per heavy atom. The molecule has 1 saturated heterocycles. The lowest BCUT2D eigenvalue weighted by molar-refractivity contribution is -0.129. The van der Waals surface area contributed by atoms with Crippen LogP contribution in [-0.2, 0) is 16.1 Å². The molecular formula is C20H22ClN3O2. The monoisotopic (exact) mass is 371 g/mol. The minimum atomic E-state index is -0.675. The van der Waals surface area contributed by atoms with Crippen molar-refractivity contribution in [1.29, 1.82) is 0 Å². The number of rotatable bonds is 6. The Morgan fingerprint density at radius 1 is 1.23 bits per heavy atom. The smallest absolute Gasteiger partial charge is 0.239 e. The van der Waals surface area contributed by atoms with E-state index in [1.165, 1.54) is 0 Å². The number of benzene rings is 2. The molecule has 1 fully saturated rings. The number of carbonyl (C=O) groups excluding carboxylic acids is 2. The fraction of sp³-hybridized carbons (Fsp3) is 0.300. The largest absolute Gasteiger partial charge is 0.325 e. The highest BCUT2D eigenvalue weighted by molar-refractivity contribution is 6.31. The predicted octanol–water partition coefficient (Wildman–Crippen LogP) is 3.44. The highest BCUT2D eigenvalue weighted by Crippen LogP contribution is 2.28. The van der Waals surface area contributed by atoms with Crippen LogP contribution in [0.25, 0.3) is 0 Å². The molecule has 0 radical (unpaired) electrons. The quantitative estimate of drug-likeness (QED) is 0.764. The van der Waals surface area contributed by atoms with Crippen LogP contribution in [0.15, 0.2) is 48.5 Å². The standard InChI is InChI=1S/C20H22ClN3O2/c1-2-22-13-14-5-3-7-16(11-14)23-19(25)18-9-10-24(20(18)26)17-8-4-6-15(21)12-17/h3-8,11-12,18,22H,2,9-10,13H2,1H3,(H,23,25). The van der Waals surface area contributed by atoms with Gasteiger partial charge in [-0.2, -0.15) is 0 Å². The van der Waals surface area contributed by atoms with Crippen LogP contribution in [-0.4, -0.2) is 24.9 Å². The van der Waals surface area contributed by atoms with Crippen molar-refractivity contribution < 1.29 is 9.59 Å². The molecule has 1 unspecified atom stereocenters. The summed E-state index contributed by atoms with van der Waals surface area (Å²) in [4.78, 5) is 26.9. The van der Waals surface area contributed by atoms with Crippen molar-refractivity contribution in [1.82, 2.24) is 5.32 Å². The van der Waals surface area contributed by atoms with E-state index in [0.717, 1.165) is 24.3 Å². The second-order valence-corrected chi connectivity index (χ2v) is 6.72. The fourth-order valence-corrected chi connectivity index (χ4v) is 3.27. The molecule has 5 nitrogen and oxygen atoms in total. The van der Waals surface area contributed by atoms with Crippen molar-refractivity contribution in [3.63, 3.8) is 0 Å². The molecule has 0 aromatic heterocycles. The lowest BCUT2D eigenvalue weighted by Gasteiger charge is -2.17. The van der Waals surface area contributed by atoms with Crippen LogP contribution >= 0.6 is 11.6 Å². The van der Waals surface area contributed by atoms with E-state index < -0.39 is 5.92 Å². The van der Waals surface area contributed by atoms with Gasteiger partial charge in [0, 0.05) is 29.5 Å². The minimum Gasteiger partial charge on any atom is -0.325 e. The van der Waals surface area contributed by atoms with Crippen molar-refractivity contribution >= 4 is 34.8 Å². The first-order valence-corrected chi connectivity index (χ1v) is 9.13. The van der Waals surface area contributed by atoms with Gasteiger partial charge in [-0.15, -0.1) is 0 Å². The number of carbonyl (C=O) groups is 2. The van der Waals surface area contributed by atoms with Crippen molar-refractivity contribution in [3.05, 3.63) is 59.1 Å². The van der Waals surface area contributed by atoms with Gasteiger partial charge in [0.25, 0.3) is 0 Å². The second-order valence-electron chi connectivity index (χ2n) is 6.28. The third-order valence-corrected chi connectivity index (χ3v) is 4.65. The summed E-state index contributed by atoms with van der Waals surface area (Å²) in [6.45, 7) is 4.18. The summed E-state index contributed by atoms with van der Waals surface area (Å²) in [5.74, 6) is -1.12. The Labute approximate surface area is 158 Å². The van der Waals surface area contributed by atoms with E-state index >= 15 is 0 Å². The van der Waals surface area contributed by atoms with Gasteiger partial charge in [0.05, 0.1) is 0 Å². The number of anilines is 2. The lowest BCUT2D eigenvalue weighted by Crippen LogP contribution is -2.33. The normalized spacial score (nSPS) is 16.8. The summed E-state index contributed by atoms with van der Waals surface area (Å²) in [5, 5.41) is 6.70. The van der Waals surface area contributed by atoms with Gasteiger partial charge in [0.2, 0.25) is 11.8 Å². The van der Waals surface area contributed by atoms with Crippen LogP contribution in [0.4, 0.5) is 11.4 Å². The number of nitrogens with one attached hydrogen (secondary N) is 2. The van der Waals surface area contributed by atoms with E-state index in [1.807, 2.05) is 37.3 Å². The Kier molecular flexibility index (Phi) is 5.91. The minimum absolute atomic E-state index is 0.187. The fourth-order valence-electron chi connectivity index (χ4n) is 3.08. The van der Waals surface area contributed by atoms with E-state index in [-0.39, 0.29) is 11.8 Å². The van der Waals surface area contributed by atoms with Gasteiger partial charge in [-0.1, -0.05) is 36.7 Å².